The number of unbranched alkanes of at least 4 members (excludes halogenated alkanes) is 2. The quantitative estimate of drug-likeness (QED) is 0.0912. The smallest absolute Gasteiger partial charge is 0.321 e. The van der Waals surface area contributed by atoms with Crippen molar-refractivity contribution in [1.29, 1.82) is 0 Å². The Bertz CT molecular complexity index is 1660. The number of carboxylic acids is 2. The molecule has 1 aliphatic rings. The Morgan fingerprint density at radius 1 is 1.02 bits per heavy atom. The number of piperazine rings is 1. The molecule has 8 N–H and O–H groups in total. The number of methoxy groups -OCH3 is 1. The fourth-order valence-corrected chi connectivity index (χ4v) is 6.79. The van der Waals surface area contributed by atoms with E-state index in [0.717, 1.165) is 71.3 Å². The third-order valence-corrected chi connectivity index (χ3v) is 9.95. The summed E-state index contributed by atoms with van der Waals surface area (Å²) >= 11 is 0.801. The second-order valence-corrected chi connectivity index (χ2v) is 13.7. The van der Waals surface area contributed by atoms with Crippen molar-refractivity contribution in [2.24, 2.45) is 5.73 Å². The van der Waals surface area contributed by atoms with Crippen LogP contribution in [0, 0.1) is 0 Å². The average molecular weight is 728 g/mol. The number of anilines is 2. The Morgan fingerprint density at radius 2 is 1.78 bits per heavy atom. The molecule has 0 aliphatic carbocycles. The van der Waals surface area contributed by atoms with Gasteiger partial charge in [0.2, 0.25) is 17.8 Å². The summed E-state index contributed by atoms with van der Waals surface area (Å²) in [5, 5.41) is 23.1. The number of nitrogens with zero attached hydrogens (tertiary/aromatic N) is 5. The molecule has 2 aromatic heterocycles. The first-order valence-electron chi connectivity index (χ1n) is 17.1. The van der Waals surface area contributed by atoms with Gasteiger partial charge in [-0.25, -0.2) is 4.98 Å². The van der Waals surface area contributed by atoms with Crippen molar-refractivity contribution < 1.29 is 34.1 Å². The molecular formula is C34H49N9O7S. The summed E-state index contributed by atoms with van der Waals surface area (Å²) in [6.45, 7) is 6.77. The minimum atomic E-state index is -1.24. The van der Waals surface area contributed by atoms with Gasteiger partial charge in [0, 0.05) is 76.2 Å². The number of ether oxygens (including phenoxy) is 1. The van der Waals surface area contributed by atoms with Crippen molar-refractivity contribution in [1.82, 2.24) is 29.7 Å². The molecule has 1 saturated heterocycles. The molecule has 0 radical (unpaired) electrons. The van der Waals surface area contributed by atoms with E-state index in [1.165, 1.54) is 0 Å². The zero-order chi connectivity index (χ0) is 36.9. The van der Waals surface area contributed by atoms with Gasteiger partial charge in [-0.15, -0.1) is 11.8 Å². The topological polar surface area (TPSA) is 231 Å². The number of aromatic nitrogens is 3. The summed E-state index contributed by atoms with van der Waals surface area (Å²) in [5.41, 5.74) is 15.2. The summed E-state index contributed by atoms with van der Waals surface area (Å²) in [6, 6.07) is 6.93. The number of benzene rings is 1. The van der Waals surface area contributed by atoms with Crippen LogP contribution in [0.5, 0.6) is 5.75 Å². The predicted octanol–water partition coefficient (Wildman–Crippen LogP) is 1.81. The van der Waals surface area contributed by atoms with E-state index in [0.29, 0.717) is 39.3 Å². The van der Waals surface area contributed by atoms with E-state index >= 15 is 0 Å². The number of nitrogens with two attached hydrogens (primary N) is 2. The first kappa shape index (κ1) is 39.2. The highest BCUT2D eigenvalue weighted by molar-refractivity contribution is 8.00. The van der Waals surface area contributed by atoms with E-state index in [-0.39, 0.29) is 37.0 Å². The normalized spacial score (nSPS) is 14.6. The van der Waals surface area contributed by atoms with Gasteiger partial charge in [0.15, 0.2) is 5.82 Å². The molecule has 2 atom stereocenters. The lowest BCUT2D eigenvalue weighted by Gasteiger charge is -2.35. The standard InChI is InChI=1S/C34H49N9O7S/c1-3-4-5-10-38-31-30-25(39-34(36)40-31)9-12-43(30)20-23-7-6-22(17-26(23)50-2)19-41-13-15-42(16-14-41)29(45)8-11-37-28(44)18-27(33(48)49)51-21-24(35)32(46)47/h6-7,9,12,17,24,27H,3-5,8,10-11,13-16,18-21,35H2,1-2H3,(H,37,44)(H,46,47)(H,48,49)(H3,36,38,39,40)/t24-,27-/m0/s1. The van der Waals surface area contributed by atoms with Crippen molar-refractivity contribution in [3.8, 4) is 5.75 Å². The number of hydrogen-bond donors (Lipinski definition) is 6. The average Bonchev–Trinajstić information content (AvgIpc) is 3.51. The number of carbonyl (C=O) groups is 4. The van der Waals surface area contributed by atoms with Crippen LogP contribution in [-0.2, 0) is 32.3 Å². The third-order valence-electron chi connectivity index (χ3n) is 8.63. The minimum absolute atomic E-state index is 0.0757. The maximum Gasteiger partial charge on any atom is 0.321 e. The number of carboxylic acid groups (broad SMARTS) is 2. The van der Waals surface area contributed by atoms with Gasteiger partial charge in [-0.05, 0) is 24.1 Å². The molecule has 3 heterocycles. The van der Waals surface area contributed by atoms with Crippen LogP contribution in [0.2, 0.25) is 0 Å². The molecule has 3 aromatic rings. The Kier molecular flexibility index (Phi) is 14.7. The Balaban J connectivity index is 1.25. The summed E-state index contributed by atoms with van der Waals surface area (Å²) in [6.07, 6.45) is 5.02. The zero-order valence-corrected chi connectivity index (χ0v) is 30.0. The number of hydrogen-bond acceptors (Lipinski definition) is 12. The molecule has 0 spiro atoms. The second-order valence-electron chi connectivity index (χ2n) is 12.5. The summed E-state index contributed by atoms with van der Waals surface area (Å²) < 4.78 is 7.91. The maximum atomic E-state index is 12.8. The number of amides is 2. The number of aliphatic carboxylic acids is 2. The van der Waals surface area contributed by atoms with Crippen LogP contribution in [0.15, 0.2) is 30.5 Å². The van der Waals surface area contributed by atoms with Crippen LogP contribution in [0.3, 0.4) is 0 Å². The van der Waals surface area contributed by atoms with Crippen LogP contribution in [0.4, 0.5) is 11.8 Å². The SMILES string of the molecule is CCCCCNc1nc(N)nc2ccn(Cc3ccc(CN4CCN(C(=O)CCNC(=O)C[C@H](SC[C@H](N)C(=O)O)C(=O)O)CC4)cc3OC)c12. The molecule has 1 fully saturated rings. The van der Waals surface area contributed by atoms with Crippen LogP contribution in [0.25, 0.3) is 11.0 Å². The molecule has 16 nitrogen and oxygen atoms in total. The molecular weight excluding hydrogens is 678 g/mol. The molecule has 1 aromatic carbocycles. The molecule has 4 rings (SSSR count). The van der Waals surface area contributed by atoms with Gasteiger partial charge >= 0.3 is 11.9 Å². The molecule has 2 amide bonds. The highest BCUT2D eigenvalue weighted by Gasteiger charge is 2.25. The van der Waals surface area contributed by atoms with Gasteiger partial charge < -0.3 is 46.5 Å². The number of thioether (sulfide) groups is 1. The highest BCUT2D eigenvalue weighted by atomic mass is 32.2. The monoisotopic (exact) mass is 727 g/mol. The lowest BCUT2D eigenvalue weighted by atomic mass is 10.1. The number of nitrogens with one attached hydrogen (secondary N) is 2. The lowest BCUT2D eigenvalue weighted by Crippen LogP contribution is -2.48. The largest absolute Gasteiger partial charge is 0.496 e. The Hall–Kier alpha value is -4.61. The molecule has 0 unspecified atom stereocenters. The van der Waals surface area contributed by atoms with E-state index in [2.05, 4.69) is 49.1 Å². The molecule has 0 bridgehead atoms. The maximum absolute atomic E-state index is 12.8. The van der Waals surface area contributed by atoms with Crippen molar-refractivity contribution in [2.45, 2.75) is 63.4 Å². The zero-order valence-electron chi connectivity index (χ0n) is 29.2. The fraction of sp³-hybridized carbons (Fsp3) is 0.529. The molecule has 1 aliphatic heterocycles. The molecule has 51 heavy (non-hydrogen) atoms. The highest BCUT2D eigenvalue weighted by Crippen LogP contribution is 2.28. The van der Waals surface area contributed by atoms with Gasteiger partial charge in [-0.3, -0.25) is 24.1 Å². The van der Waals surface area contributed by atoms with Crippen LogP contribution in [0.1, 0.15) is 50.2 Å². The number of fused-ring (bicyclic) bond motifs is 1. The first-order chi connectivity index (χ1) is 24.5. The Labute approximate surface area is 301 Å². The van der Waals surface area contributed by atoms with Gasteiger partial charge in [0.1, 0.15) is 22.6 Å². The predicted molar refractivity (Wildman–Crippen MR) is 196 cm³/mol. The van der Waals surface area contributed by atoms with Gasteiger partial charge in [0.25, 0.3) is 0 Å². The van der Waals surface area contributed by atoms with Crippen molar-refractivity contribution in [3.63, 3.8) is 0 Å². The van der Waals surface area contributed by atoms with Crippen LogP contribution >= 0.6 is 11.8 Å². The van der Waals surface area contributed by atoms with Crippen LogP contribution in [-0.4, -0.2) is 122 Å². The minimum Gasteiger partial charge on any atom is -0.496 e. The Morgan fingerprint density at radius 3 is 2.47 bits per heavy atom. The lowest BCUT2D eigenvalue weighted by molar-refractivity contribution is -0.139. The van der Waals surface area contributed by atoms with E-state index in [4.69, 9.17) is 21.3 Å². The summed E-state index contributed by atoms with van der Waals surface area (Å²) in [7, 11) is 1.66. The van der Waals surface area contributed by atoms with Crippen LogP contribution < -0.4 is 26.8 Å². The third kappa shape index (κ3) is 11.5. The van der Waals surface area contributed by atoms with E-state index < -0.39 is 29.1 Å². The molecule has 17 heteroatoms. The first-order valence-corrected chi connectivity index (χ1v) is 18.2. The fourth-order valence-electron chi connectivity index (χ4n) is 5.79. The van der Waals surface area contributed by atoms with Crippen molar-refractivity contribution in [2.75, 3.05) is 63.2 Å². The van der Waals surface area contributed by atoms with Gasteiger partial charge in [-0.1, -0.05) is 31.9 Å². The van der Waals surface area contributed by atoms with E-state index in [1.54, 1.807) is 12.0 Å². The van der Waals surface area contributed by atoms with Crippen molar-refractivity contribution in [3.05, 3.63) is 41.6 Å². The number of rotatable bonds is 20. The van der Waals surface area contributed by atoms with Crippen molar-refractivity contribution >= 4 is 58.3 Å². The molecule has 0 saturated carbocycles. The summed E-state index contributed by atoms with van der Waals surface area (Å²) in [5.74, 6) is -1.51. The number of nitrogen functional groups attached to an aromatic ring is 1. The number of carbonyl (C=O) groups excluding carboxylic acids is 2. The molecule has 278 valence electrons. The van der Waals surface area contributed by atoms with E-state index in [9.17, 15) is 24.3 Å². The summed E-state index contributed by atoms with van der Waals surface area (Å²) in [4.78, 5) is 60.4. The second kappa shape index (κ2) is 19.1. The van der Waals surface area contributed by atoms with E-state index in [1.807, 2.05) is 18.3 Å². The van der Waals surface area contributed by atoms with Gasteiger partial charge in [0.05, 0.1) is 19.2 Å². The van der Waals surface area contributed by atoms with Gasteiger partial charge in [-0.2, -0.15) is 4.98 Å².